The first kappa shape index (κ1) is 19.7. The molecule has 4 heteroatoms. The summed E-state index contributed by atoms with van der Waals surface area (Å²) in [5.74, 6) is 7.03. The van der Waals surface area contributed by atoms with Gasteiger partial charge in [0.25, 0.3) is 0 Å². The van der Waals surface area contributed by atoms with Crippen LogP contribution in [0.15, 0.2) is 23.6 Å². The van der Waals surface area contributed by atoms with Gasteiger partial charge in [-0.15, -0.1) is 11.3 Å². The van der Waals surface area contributed by atoms with Gasteiger partial charge in [-0.25, -0.2) is 0 Å². The van der Waals surface area contributed by atoms with E-state index in [-0.39, 0.29) is 23.0 Å². The van der Waals surface area contributed by atoms with Gasteiger partial charge in [-0.1, -0.05) is 24.0 Å². The van der Waals surface area contributed by atoms with Gasteiger partial charge in [0.15, 0.2) is 0 Å². The highest BCUT2D eigenvalue weighted by molar-refractivity contribution is 7.11. The summed E-state index contributed by atoms with van der Waals surface area (Å²) in [5.41, 5.74) is 1.17. The van der Waals surface area contributed by atoms with E-state index in [0.29, 0.717) is 5.91 Å². The average Bonchev–Trinajstić information content (AvgIpc) is 3.27. The number of thiophene rings is 1. The predicted molar refractivity (Wildman–Crippen MR) is 116 cm³/mol. The second-order valence-electron chi connectivity index (χ2n) is 9.56. The van der Waals surface area contributed by atoms with Crippen molar-refractivity contribution in [2.75, 3.05) is 11.5 Å². The lowest BCUT2D eigenvalue weighted by Crippen LogP contribution is -2.46. The maximum atomic E-state index is 13.5. The van der Waals surface area contributed by atoms with Crippen LogP contribution in [0.25, 0.3) is 0 Å². The van der Waals surface area contributed by atoms with Crippen molar-refractivity contribution in [2.24, 2.45) is 11.3 Å². The number of allylic oxidation sites excluding steroid dienone is 2. The Morgan fingerprint density at radius 3 is 2.61 bits per heavy atom. The molecule has 4 rings (SSSR count). The van der Waals surface area contributed by atoms with Crippen LogP contribution in [0.2, 0.25) is 0 Å². The first-order chi connectivity index (χ1) is 13.4. The van der Waals surface area contributed by atoms with E-state index in [1.807, 2.05) is 0 Å². The number of anilines is 1. The normalized spacial score (nSPS) is 29.2. The molecule has 0 radical (unpaired) electrons. The number of hydrogen-bond donors (Lipinski definition) is 0. The summed E-state index contributed by atoms with van der Waals surface area (Å²) in [4.78, 5) is 16.7. The molecule has 1 aromatic rings. The minimum absolute atomic E-state index is 0.0178. The van der Waals surface area contributed by atoms with Gasteiger partial charge < -0.3 is 9.64 Å². The van der Waals surface area contributed by atoms with E-state index in [4.69, 9.17) is 4.74 Å². The van der Waals surface area contributed by atoms with Gasteiger partial charge in [0.2, 0.25) is 5.91 Å². The molecule has 0 aromatic carbocycles. The van der Waals surface area contributed by atoms with E-state index in [2.05, 4.69) is 61.1 Å². The van der Waals surface area contributed by atoms with Gasteiger partial charge in [-0.05, 0) is 71.8 Å². The molecule has 0 bridgehead atoms. The summed E-state index contributed by atoms with van der Waals surface area (Å²) in [5, 5.41) is 2.13. The molecule has 1 saturated carbocycles. The zero-order chi connectivity index (χ0) is 19.8. The summed E-state index contributed by atoms with van der Waals surface area (Å²) in [6.45, 7) is 7.28. The predicted octanol–water partition coefficient (Wildman–Crippen LogP) is 5.55. The molecule has 2 aliphatic carbocycles. The lowest BCUT2D eigenvalue weighted by Gasteiger charge is -2.37. The van der Waals surface area contributed by atoms with E-state index in [9.17, 15) is 4.79 Å². The molecule has 1 unspecified atom stereocenters. The highest BCUT2D eigenvalue weighted by Crippen LogP contribution is 2.44. The van der Waals surface area contributed by atoms with Crippen molar-refractivity contribution in [2.45, 2.75) is 77.4 Å². The van der Waals surface area contributed by atoms with E-state index in [0.717, 1.165) is 62.1 Å². The average molecular weight is 398 g/mol. The van der Waals surface area contributed by atoms with Gasteiger partial charge in [-0.2, -0.15) is 0 Å². The highest BCUT2D eigenvalue weighted by Gasteiger charge is 2.48. The third-order valence-corrected chi connectivity index (χ3v) is 6.90. The molecule has 1 saturated heterocycles. The lowest BCUT2D eigenvalue weighted by atomic mass is 9.84. The minimum atomic E-state index is -0.0178. The minimum Gasteiger partial charge on any atom is -0.370 e. The Labute approximate surface area is 173 Å². The van der Waals surface area contributed by atoms with Crippen LogP contribution < -0.4 is 4.90 Å². The molecular weight excluding hydrogens is 366 g/mol. The van der Waals surface area contributed by atoms with Gasteiger partial charge in [0.1, 0.15) is 0 Å². The number of hydrogen-bond acceptors (Lipinski definition) is 3. The molecule has 2 fully saturated rings. The van der Waals surface area contributed by atoms with E-state index >= 15 is 0 Å². The molecule has 1 amide bonds. The zero-order valence-electron chi connectivity index (χ0n) is 17.3. The standard InChI is InChI=1S/C24H31NO2S/c1-23(2,3)12-11-21-15-20(16-28-21)25(22(26)18-7-5-4-6-8-18)19-9-13-24(14-10-19)17-27-24/h4-5,15-16,18-19H,6-10,13-14,17H2,1-3H3. The summed E-state index contributed by atoms with van der Waals surface area (Å²) >= 11 is 1.65. The SMILES string of the molecule is CC(C)(C)C#Cc1cc(N(C(=O)C2CC=CCC2)C2CCC3(CC2)CO3)cs1. The van der Waals surface area contributed by atoms with Gasteiger partial charge in [0.05, 0.1) is 22.8 Å². The number of carbonyl (C=O) groups excluding carboxylic acids is 1. The van der Waals surface area contributed by atoms with Gasteiger partial charge >= 0.3 is 0 Å². The Morgan fingerprint density at radius 2 is 2.00 bits per heavy atom. The monoisotopic (exact) mass is 397 g/mol. The molecule has 1 aliphatic heterocycles. The van der Waals surface area contributed by atoms with Crippen LogP contribution in [0, 0.1) is 23.2 Å². The molecule has 1 spiro atoms. The molecule has 1 aromatic heterocycles. The van der Waals surface area contributed by atoms with Crippen molar-refractivity contribution in [3.63, 3.8) is 0 Å². The number of epoxide rings is 1. The van der Waals surface area contributed by atoms with Gasteiger partial charge in [0, 0.05) is 22.8 Å². The first-order valence-electron chi connectivity index (χ1n) is 10.6. The Balaban J connectivity index is 1.57. The van der Waals surface area contributed by atoms with Crippen molar-refractivity contribution in [1.29, 1.82) is 0 Å². The third-order valence-electron chi connectivity index (χ3n) is 6.06. The molecule has 1 atom stereocenters. The fourth-order valence-corrected chi connectivity index (χ4v) is 5.01. The molecule has 2 heterocycles. The quantitative estimate of drug-likeness (QED) is 0.381. The maximum absolute atomic E-state index is 13.5. The topological polar surface area (TPSA) is 32.8 Å². The summed E-state index contributed by atoms with van der Waals surface area (Å²) in [6.07, 6.45) is 11.4. The first-order valence-corrected chi connectivity index (χ1v) is 11.5. The molecule has 150 valence electrons. The second-order valence-corrected chi connectivity index (χ2v) is 10.5. The second kappa shape index (κ2) is 7.69. The Bertz CT molecular complexity index is 806. The van der Waals surface area contributed by atoms with Crippen LogP contribution in [-0.4, -0.2) is 24.2 Å². The third kappa shape index (κ3) is 4.53. The smallest absolute Gasteiger partial charge is 0.230 e. The van der Waals surface area contributed by atoms with E-state index in [1.165, 1.54) is 0 Å². The molecule has 28 heavy (non-hydrogen) atoms. The molecule has 3 aliphatic rings. The van der Waals surface area contributed by atoms with Crippen LogP contribution >= 0.6 is 11.3 Å². The fraction of sp³-hybridized carbons (Fsp3) is 0.625. The highest BCUT2D eigenvalue weighted by atomic mass is 32.1. The van der Waals surface area contributed by atoms with Crippen molar-refractivity contribution in [3.05, 3.63) is 28.5 Å². The van der Waals surface area contributed by atoms with Crippen LogP contribution in [0.5, 0.6) is 0 Å². The molecular formula is C24H31NO2S. The summed E-state index contributed by atoms with van der Waals surface area (Å²) in [6, 6.07) is 2.41. The largest absolute Gasteiger partial charge is 0.370 e. The number of nitrogens with zero attached hydrogens (tertiary/aromatic N) is 1. The summed E-state index contributed by atoms with van der Waals surface area (Å²) < 4.78 is 5.69. The van der Waals surface area contributed by atoms with Crippen LogP contribution in [0.1, 0.15) is 70.6 Å². The maximum Gasteiger partial charge on any atom is 0.230 e. The molecule has 3 nitrogen and oxygen atoms in total. The lowest BCUT2D eigenvalue weighted by molar-refractivity contribution is -0.123. The number of amides is 1. The van der Waals surface area contributed by atoms with Crippen molar-refractivity contribution in [3.8, 4) is 11.8 Å². The van der Waals surface area contributed by atoms with E-state index in [1.54, 1.807) is 11.3 Å². The zero-order valence-corrected chi connectivity index (χ0v) is 18.1. The van der Waals surface area contributed by atoms with Crippen LogP contribution in [0.3, 0.4) is 0 Å². The Hall–Kier alpha value is -1.57. The van der Waals surface area contributed by atoms with Crippen molar-refractivity contribution in [1.82, 2.24) is 0 Å². The van der Waals surface area contributed by atoms with E-state index < -0.39 is 0 Å². The number of ether oxygens (including phenoxy) is 1. The summed E-state index contributed by atoms with van der Waals surface area (Å²) in [7, 11) is 0. The number of carbonyl (C=O) groups is 1. The van der Waals surface area contributed by atoms with Crippen molar-refractivity contribution >= 4 is 22.9 Å². The van der Waals surface area contributed by atoms with Crippen LogP contribution in [0.4, 0.5) is 5.69 Å². The van der Waals surface area contributed by atoms with Gasteiger partial charge in [-0.3, -0.25) is 4.79 Å². The molecule has 0 N–H and O–H groups in total. The fourth-order valence-electron chi connectivity index (χ4n) is 4.28. The van der Waals surface area contributed by atoms with Crippen molar-refractivity contribution < 1.29 is 9.53 Å². The Morgan fingerprint density at radius 1 is 1.25 bits per heavy atom. The van der Waals surface area contributed by atoms with Crippen LogP contribution in [-0.2, 0) is 9.53 Å². The number of rotatable bonds is 3. The Kier molecular flexibility index (Phi) is 5.42.